The van der Waals surface area contributed by atoms with Crippen LogP contribution in [0, 0.1) is 11.8 Å². The van der Waals surface area contributed by atoms with E-state index in [1.807, 2.05) is 6.07 Å². The largest absolute Gasteiger partial charge is 0.493 e. The van der Waals surface area contributed by atoms with Gasteiger partial charge in [0.25, 0.3) is 0 Å². The van der Waals surface area contributed by atoms with Crippen molar-refractivity contribution >= 4 is 11.7 Å². The van der Waals surface area contributed by atoms with Gasteiger partial charge in [-0.3, -0.25) is 9.69 Å². The molecule has 1 aliphatic carbocycles. The van der Waals surface area contributed by atoms with Crippen LogP contribution >= 0.6 is 0 Å². The Hall–Kier alpha value is -2.25. The monoisotopic (exact) mass is 412 g/mol. The van der Waals surface area contributed by atoms with Crippen LogP contribution in [0.2, 0.25) is 0 Å². The Bertz CT molecular complexity index is 992. The van der Waals surface area contributed by atoms with Crippen molar-refractivity contribution in [3.05, 3.63) is 29.3 Å². The van der Waals surface area contributed by atoms with Crippen molar-refractivity contribution in [2.45, 2.75) is 43.2 Å². The first-order chi connectivity index (χ1) is 14.5. The summed E-state index contributed by atoms with van der Waals surface area (Å²) in [5.74, 6) is 1.09. The van der Waals surface area contributed by atoms with Gasteiger partial charge < -0.3 is 23.8 Å². The van der Waals surface area contributed by atoms with Crippen molar-refractivity contribution in [1.82, 2.24) is 4.90 Å². The summed E-state index contributed by atoms with van der Waals surface area (Å²) in [6, 6.07) is 4.34. The number of methoxy groups -OCH3 is 3. The molecule has 7 heteroatoms. The van der Waals surface area contributed by atoms with Gasteiger partial charge in [-0.15, -0.1) is 0 Å². The number of nitrogens with zero attached hydrogens (tertiary/aromatic N) is 2. The molecule has 6 atom stereocenters. The maximum absolute atomic E-state index is 13.4. The lowest BCUT2D eigenvalue weighted by atomic mass is 9.49. The number of carbonyl (C=O) groups is 1. The number of allylic oxidation sites excluding steroid dienone is 1. The van der Waals surface area contributed by atoms with Crippen LogP contribution in [-0.4, -0.2) is 63.8 Å². The second-order valence-electron chi connectivity index (χ2n) is 9.12. The standard InChI is InChI=1S/C23H28N2O5/c1-6-12-11-25-18-7-13(12)20(21(26)29-5)22-10-19(25)30-23(18,22)24(2)15-9-17(28-4)16(27-3)8-14(15)22/h6,8-9,13,18-20H,7,10-11H2,1-5H3/b12-6+/t13-,18+,19+,20+,22+,23+/m1/s1. The molecule has 160 valence electrons. The Balaban J connectivity index is 1.67. The maximum Gasteiger partial charge on any atom is 0.310 e. The van der Waals surface area contributed by atoms with Crippen LogP contribution in [0.4, 0.5) is 5.69 Å². The Kier molecular flexibility index (Phi) is 3.52. The normalized spacial score (nSPS) is 41.2. The zero-order chi connectivity index (χ0) is 21.0. The first-order valence-corrected chi connectivity index (χ1v) is 10.6. The highest BCUT2D eigenvalue weighted by Crippen LogP contribution is 2.74. The second-order valence-corrected chi connectivity index (χ2v) is 9.12. The number of ether oxygens (including phenoxy) is 4. The number of benzene rings is 1. The molecule has 0 radical (unpaired) electrons. The number of esters is 1. The highest BCUT2D eigenvalue weighted by atomic mass is 16.6. The topological polar surface area (TPSA) is 60.5 Å². The highest BCUT2D eigenvalue weighted by molar-refractivity contribution is 5.83. The van der Waals surface area contributed by atoms with Gasteiger partial charge in [0.2, 0.25) is 0 Å². The number of anilines is 1. The Labute approximate surface area is 176 Å². The number of hydrogen-bond donors (Lipinski definition) is 0. The van der Waals surface area contributed by atoms with E-state index in [0.717, 1.165) is 30.6 Å². The molecule has 5 aliphatic rings. The van der Waals surface area contributed by atoms with E-state index in [2.05, 4.69) is 35.9 Å². The summed E-state index contributed by atoms with van der Waals surface area (Å²) in [6.07, 6.45) is 3.88. The molecule has 1 aromatic rings. The molecule has 4 bridgehead atoms. The lowest BCUT2D eigenvalue weighted by Crippen LogP contribution is -2.75. The SMILES string of the molecule is C/C=C1\CN2[C@@H]3C[C@@]45c6cc(OC)c(OC)cc6N(C)[C@]4(O3)[C@@H]2C[C@H]1[C@H]5C(=O)OC. The van der Waals surface area contributed by atoms with E-state index in [0.29, 0.717) is 11.5 Å². The maximum atomic E-state index is 13.4. The molecule has 4 fully saturated rings. The van der Waals surface area contributed by atoms with Gasteiger partial charge in [0.1, 0.15) is 6.23 Å². The van der Waals surface area contributed by atoms with Crippen LogP contribution in [0.15, 0.2) is 23.8 Å². The molecule has 0 aromatic heterocycles. The fourth-order valence-electron chi connectivity index (χ4n) is 7.58. The van der Waals surface area contributed by atoms with Gasteiger partial charge in [0, 0.05) is 31.8 Å². The molecule has 6 rings (SSSR count). The zero-order valence-electron chi connectivity index (χ0n) is 18.1. The lowest BCUT2D eigenvalue weighted by Gasteiger charge is -2.61. The first kappa shape index (κ1) is 18.5. The first-order valence-electron chi connectivity index (χ1n) is 10.6. The van der Waals surface area contributed by atoms with Crippen LogP contribution in [0.5, 0.6) is 11.5 Å². The number of piperidine rings is 2. The smallest absolute Gasteiger partial charge is 0.310 e. The summed E-state index contributed by atoms with van der Waals surface area (Å²) in [7, 11) is 6.90. The van der Waals surface area contributed by atoms with Gasteiger partial charge in [-0.05, 0) is 30.9 Å². The molecular weight excluding hydrogens is 384 g/mol. The van der Waals surface area contributed by atoms with Crippen molar-refractivity contribution in [3.63, 3.8) is 0 Å². The third-order valence-corrected chi connectivity index (χ3v) is 8.59. The summed E-state index contributed by atoms with van der Waals surface area (Å²) < 4.78 is 23.6. The molecule has 0 unspecified atom stereocenters. The van der Waals surface area contributed by atoms with E-state index in [9.17, 15) is 4.79 Å². The minimum absolute atomic E-state index is 0.00190. The fraction of sp³-hybridized carbons (Fsp3) is 0.609. The van der Waals surface area contributed by atoms with Crippen LogP contribution in [-0.2, 0) is 19.7 Å². The fourth-order valence-corrected chi connectivity index (χ4v) is 7.58. The van der Waals surface area contributed by atoms with Gasteiger partial charge in [-0.25, -0.2) is 0 Å². The Morgan fingerprint density at radius 2 is 1.97 bits per heavy atom. The quantitative estimate of drug-likeness (QED) is 0.558. The molecule has 1 aromatic carbocycles. The van der Waals surface area contributed by atoms with Gasteiger partial charge in [0.05, 0.1) is 38.7 Å². The van der Waals surface area contributed by atoms with Crippen LogP contribution in [0.3, 0.4) is 0 Å². The van der Waals surface area contributed by atoms with Gasteiger partial charge >= 0.3 is 5.97 Å². The van der Waals surface area contributed by atoms with Crippen molar-refractivity contribution < 1.29 is 23.7 Å². The van der Waals surface area contributed by atoms with E-state index >= 15 is 0 Å². The van der Waals surface area contributed by atoms with Crippen LogP contribution < -0.4 is 14.4 Å². The lowest BCUT2D eigenvalue weighted by molar-refractivity contribution is -0.162. The van der Waals surface area contributed by atoms with Gasteiger partial charge in [-0.1, -0.05) is 11.6 Å². The summed E-state index contributed by atoms with van der Waals surface area (Å²) in [5, 5.41) is 0. The van der Waals surface area contributed by atoms with E-state index in [-0.39, 0.29) is 30.1 Å². The predicted molar refractivity (Wildman–Crippen MR) is 110 cm³/mol. The Morgan fingerprint density at radius 1 is 1.23 bits per heavy atom. The summed E-state index contributed by atoms with van der Waals surface area (Å²) in [5.41, 5.74) is 2.43. The highest BCUT2D eigenvalue weighted by Gasteiger charge is 2.83. The molecule has 4 heterocycles. The average molecular weight is 412 g/mol. The van der Waals surface area contributed by atoms with Crippen LogP contribution in [0.1, 0.15) is 25.3 Å². The third kappa shape index (κ3) is 1.69. The number of rotatable bonds is 3. The summed E-state index contributed by atoms with van der Waals surface area (Å²) >= 11 is 0. The Morgan fingerprint density at radius 3 is 2.63 bits per heavy atom. The number of fused-ring (bicyclic) bond motifs is 4. The van der Waals surface area contributed by atoms with Crippen molar-refractivity contribution in [1.29, 1.82) is 0 Å². The van der Waals surface area contributed by atoms with E-state index in [1.165, 1.54) is 12.7 Å². The molecule has 30 heavy (non-hydrogen) atoms. The molecular formula is C23H28N2O5. The third-order valence-electron chi connectivity index (χ3n) is 8.59. The van der Waals surface area contributed by atoms with Gasteiger partial charge in [-0.2, -0.15) is 0 Å². The predicted octanol–water partition coefficient (Wildman–Crippen LogP) is 2.29. The van der Waals surface area contributed by atoms with Crippen molar-refractivity contribution in [2.75, 3.05) is 39.8 Å². The zero-order valence-corrected chi connectivity index (χ0v) is 18.1. The number of likely N-dealkylation sites (N-methyl/N-ethyl adjacent to an activating group) is 1. The summed E-state index contributed by atoms with van der Waals surface area (Å²) in [6.45, 7) is 2.94. The average Bonchev–Trinajstić information content (AvgIpc) is 3.37. The molecule has 1 spiro atoms. The molecule has 3 saturated heterocycles. The number of carbonyl (C=O) groups excluding carboxylic acids is 1. The molecule has 7 nitrogen and oxygen atoms in total. The summed E-state index contributed by atoms with van der Waals surface area (Å²) in [4.78, 5) is 18.2. The van der Waals surface area contributed by atoms with Crippen molar-refractivity contribution in [3.8, 4) is 11.5 Å². The van der Waals surface area contributed by atoms with E-state index in [4.69, 9.17) is 18.9 Å². The molecule has 4 aliphatic heterocycles. The minimum Gasteiger partial charge on any atom is -0.493 e. The molecule has 1 saturated carbocycles. The minimum atomic E-state index is -0.577. The number of hydrogen-bond acceptors (Lipinski definition) is 7. The van der Waals surface area contributed by atoms with E-state index in [1.54, 1.807) is 14.2 Å². The second kappa shape index (κ2) is 5.71. The van der Waals surface area contributed by atoms with Gasteiger partial charge in [0.15, 0.2) is 17.2 Å². The molecule has 0 N–H and O–H groups in total. The van der Waals surface area contributed by atoms with Crippen LogP contribution in [0.25, 0.3) is 0 Å². The molecule has 0 amide bonds. The van der Waals surface area contributed by atoms with E-state index < -0.39 is 11.1 Å². The van der Waals surface area contributed by atoms with Crippen molar-refractivity contribution in [2.24, 2.45) is 11.8 Å².